The molecule has 7 heteroatoms. The van der Waals surface area contributed by atoms with Crippen LogP contribution in [0.3, 0.4) is 0 Å². The van der Waals surface area contributed by atoms with Crippen molar-refractivity contribution >= 4 is 40.6 Å². The van der Waals surface area contributed by atoms with E-state index >= 15 is 0 Å². The first kappa shape index (κ1) is 22.0. The van der Waals surface area contributed by atoms with Crippen LogP contribution < -0.4 is 9.47 Å². The molecule has 0 aliphatic carbocycles. The molecule has 1 aliphatic rings. The number of carbonyl (C=O) groups excluding carboxylic acids is 2. The van der Waals surface area contributed by atoms with Gasteiger partial charge in [0.25, 0.3) is 11.1 Å². The van der Waals surface area contributed by atoms with Gasteiger partial charge in [-0.1, -0.05) is 66.2 Å². The number of methoxy groups -OCH3 is 1. The summed E-state index contributed by atoms with van der Waals surface area (Å²) in [6.45, 7) is 0.536. The number of nitrogens with zero attached hydrogens (tertiary/aromatic N) is 1. The lowest BCUT2D eigenvalue weighted by Gasteiger charge is -2.14. The SMILES string of the molecule is COc1cccc(/C=C2/SC(=O)N(Cc3ccccc3)C2=O)c1OCc1ccc(Cl)cc1. The van der Waals surface area contributed by atoms with Crippen molar-refractivity contribution in [2.24, 2.45) is 0 Å². The number of halogens is 1. The molecule has 4 rings (SSSR count). The van der Waals surface area contributed by atoms with Crippen LogP contribution >= 0.6 is 23.4 Å². The van der Waals surface area contributed by atoms with Crippen LogP contribution in [0.25, 0.3) is 6.08 Å². The van der Waals surface area contributed by atoms with Crippen molar-refractivity contribution in [2.75, 3.05) is 7.11 Å². The topological polar surface area (TPSA) is 55.8 Å². The van der Waals surface area contributed by atoms with E-state index in [9.17, 15) is 9.59 Å². The van der Waals surface area contributed by atoms with Crippen molar-refractivity contribution in [1.29, 1.82) is 0 Å². The molecular formula is C25H20ClNO4S. The van der Waals surface area contributed by atoms with E-state index in [4.69, 9.17) is 21.1 Å². The Morgan fingerprint density at radius 1 is 0.938 bits per heavy atom. The molecule has 162 valence electrons. The molecule has 5 nitrogen and oxygen atoms in total. The van der Waals surface area contributed by atoms with Gasteiger partial charge in [-0.25, -0.2) is 0 Å². The summed E-state index contributed by atoms with van der Waals surface area (Å²) in [6.07, 6.45) is 1.68. The number of imide groups is 1. The number of amides is 2. The number of thioether (sulfide) groups is 1. The molecule has 0 atom stereocenters. The van der Waals surface area contributed by atoms with Gasteiger partial charge in [0.1, 0.15) is 6.61 Å². The van der Waals surface area contributed by atoms with Gasteiger partial charge in [-0.05, 0) is 47.2 Å². The summed E-state index contributed by atoms with van der Waals surface area (Å²) in [4.78, 5) is 27.0. The summed E-state index contributed by atoms with van der Waals surface area (Å²) in [5.41, 5.74) is 2.49. The zero-order valence-corrected chi connectivity index (χ0v) is 18.9. The molecule has 1 fully saturated rings. The molecule has 3 aromatic carbocycles. The van der Waals surface area contributed by atoms with Crippen molar-refractivity contribution in [3.63, 3.8) is 0 Å². The van der Waals surface area contributed by atoms with Crippen molar-refractivity contribution in [3.05, 3.63) is 99.4 Å². The van der Waals surface area contributed by atoms with Crippen LogP contribution in [0.1, 0.15) is 16.7 Å². The lowest BCUT2D eigenvalue weighted by molar-refractivity contribution is -0.123. The van der Waals surface area contributed by atoms with E-state index in [2.05, 4.69) is 0 Å². The van der Waals surface area contributed by atoms with E-state index in [1.165, 1.54) is 4.90 Å². The fourth-order valence-corrected chi connectivity index (χ4v) is 4.20. The second-order valence-electron chi connectivity index (χ2n) is 7.05. The van der Waals surface area contributed by atoms with Gasteiger partial charge < -0.3 is 9.47 Å². The Labute approximate surface area is 195 Å². The highest BCUT2D eigenvalue weighted by Gasteiger charge is 2.35. The third-order valence-electron chi connectivity index (χ3n) is 4.87. The molecule has 0 bridgehead atoms. The number of carbonyl (C=O) groups is 2. The van der Waals surface area contributed by atoms with E-state index in [1.807, 2.05) is 54.6 Å². The van der Waals surface area contributed by atoms with Gasteiger partial charge in [0, 0.05) is 10.6 Å². The van der Waals surface area contributed by atoms with E-state index < -0.39 is 0 Å². The van der Waals surface area contributed by atoms with Crippen molar-refractivity contribution in [1.82, 2.24) is 4.90 Å². The first-order valence-electron chi connectivity index (χ1n) is 9.88. The molecule has 0 spiro atoms. The van der Waals surface area contributed by atoms with Crippen LogP contribution in [-0.4, -0.2) is 23.2 Å². The Bertz CT molecular complexity index is 1160. The Morgan fingerprint density at radius 3 is 2.41 bits per heavy atom. The average molecular weight is 466 g/mol. The number of hydrogen-bond acceptors (Lipinski definition) is 5. The quantitative estimate of drug-likeness (QED) is 0.391. The highest BCUT2D eigenvalue weighted by atomic mass is 35.5. The number of rotatable bonds is 7. The van der Waals surface area contributed by atoms with E-state index in [0.717, 1.165) is 22.9 Å². The van der Waals surface area contributed by atoms with E-state index in [-0.39, 0.29) is 17.7 Å². The number of ether oxygens (including phenoxy) is 2. The molecule has 1 saturated heterocycles. The van der Waals surface area contributed by atoms with Crippen molar-refractivity contribution < 1.29 is 19.1 Å². The lowest BCUT2D eigenvalue weighted by Crippen LogP contribution is -2.27. The fraction of sp³-hybridized carbons (Fsp3) is 0.120. The van der Waals surface area contributed by atoms with Gasteiger partial charge in [-0.3, -0.25) is 14.5 Å². The van der Waals surface area contributed by atoms with Gasteiger partial charge in [0.05, 0.1) is 18.6 Å². The molecule has 32 heavy (non-hydrogen) atoms. The highest BCUT2D eigenvalue weighted by Crippen LogP contribution is 2.38. The van der Waals surface area contributed by atoms with Crippen molar-refractivity contribution in [2.45, 2.75) is 13.2 Å². The largest absolute Gasteiger partial charge is 0.493 e. The number of para-hydroxylation sites is 1. The molecular weight excluding hydrogens is 446 g/mol. The highest BCUT2D eigenvalue weighted by molar-refractivity contribution is 8.18. The molecule has 3 aromatic rings. The Morgan fingerprint density at radius 2 is 1.69 bits per heavy atom. The van der Waals surface area contributed by atoms with E-state index in [0.29, 0.717) is 33.6 Å². The molecule has 0 unspecified atom stereocenters. The molecule has 1 heterocycles. The smallest absolute Gasteiger partial charge is 0.293 e. The second-order valence-corrected chi connectivity index (χ2v) is 8.48. The molecule has 1 aliphatic heterocycles. The summed E-state index contributed by atoms with van der Waals surface area (Å²) < 4.78 is 11.5. The standard InChI is InChI=1S/C25H20ClNO4S/c1-30-21-9-5-8-19(23(21)31-16-18-10-12-20(26)13-11-18)14-22-24(28)27(25(29)32-22)15-17-6-3-2-4-7-17/h2-14H,15-16H2,1H3/b22-14+. The van der Waals surface area contributed by atoms with Gasteiger partial charge >= 0.3 is 0 Å². The lowest BCUT2D eigenvalue weighted by atomic mass is 10.1. The Hall–Kier alpha value is -3.22. The first-order valence-corrected chi connectivity index (χ1v) is 11.1. The fourth-order valence-electron chi connectivity index (χ4n) is 3.24. The second kappa shape index (κ2) is 9.94. The maximum Gasteiger partial charge on any atom is 0.293 e. The summed E-state index contributed by atoms with van der Waals surface area (Å²) in [5.74, 6) is 0.714. The summed E-state index contributed by atoms with van der Waals surface area (Å²) in [5, 5.41) is 0.356. The van der Waals surface area contributed by atoms with Crippen LogP contribution in [0, 0.1) is 0 Å². The summed E-state index contributed by atoms with van der Waals surface area (Å²) in [6, 6.07) is 22.2. The Kier molecular flexibility index (Phi) is 6.83. The third kappa shape index (κ3) is 4.98. The van der Waals surface area contributed by atoms with Gasteiger partial charge in [0.15, 0.2) is 11.5 Å². The molecule has 0 radical (unpaired) electrons. The Balaban J connectivity index is 1.58. The van der Waals surface area contributed by atoms with Crippen LogP contribution in [0.2, 0.25) is 5.02 Å². The maximum absolute atomic E-state index is 12.9. The monoisotopic (exact) mass is 465 g/mol. The van der Waals surface area contributed by atoms with Gasteiger partial charge in [0.2, 0.25) is 0 Å². The number of hydrogen-bond donors (Lipinski definition) is 0. The zero-order chi connectivity index (χ0) is 22.5. The summed E-state index contributed by atoms with van der Waals surface area (Å²) in [7, 11) is 1.56. The molecule has 0 aromatic heterocycles. The van der Waals surface area contributed by atoms with Crippen molar-refractivity contribution in [3.8, 4) is 11.5 Å². The van der Waals surface area contributed by atoms with Crippen LogP contribution in [0.4, 0.5) is 4.79 Å². The predicted octanol–water partition coefficient (Wildman–Crippen LogP) is 6.16. The van der Waals surface area contributed by atoms with Gasteiger partial charge in [-0.15, -0.1) is 0 Å². The molecule has 0 saturated carbocycles. The maximum atomic E-state index is 12.9. The predicted molar refractivity (Wildman–Crippen MR) is 127 cm³/mol. The molecule has 0 N–H and O–H groups in total. The van der Waals surface area contributed by atoms with Crippen LogP contribution in [-0.2, 0) is 17.9 Å². The normalized spacial score (nSPS) is 14.8. The van der Waals surface area contributed by atoms with Gasteiger partial charge in [-0.2, -0.15) is 0 Å². The van der Waals surface area contributed by atoms with E-state index in [1.54, 1.807) is 31.4 Å². The zero-order valence-electron chi connectivity index (χ0n) is 17.3. The minimum Gasteiger partial charge on any atom is -0.493 e. The minimum absolute atomic E-state index is 0.237. The van der Waals surface area contributed by atoms with Crippen LogP contribution in [0.5, 0.6) is 11.5 Å². The average Bonchev–Trinajstić information content (AvgIpc) is 3.07. The van der Waals surface area contributed by atoms with Crippen LogP contribution in [0.15, 0.2) is 77.7 Å². The molecule has 2 amide bonds. The third-order valence-corrected chi connectivity index (χ3v) is 6.03. The minimum atomic E-state index is -0.324. The number of benzene rings is 3. The summed E-state index contributed by atoms with van der Waals surface area (Å²) >= 11 is 6.87. The first-order chi connectivity index (χ1) is 15.5.